The second kappa shape index (κ2) is 8.94. The number of alkyl halides is 3. The average Bonchev–Trinajstić information content (AvgIpc) is 3.36. The number of nitrogens with zero attached hydrogens (tertiary/aromatic N) is 8. The molecule has 2 aliphatic rings. The van der Waals surface area contributed by atoms with Gasteiger partial charge in [0.2, 0.25) is 0 Å². The van der Waals surface area contributed by atoms with Crippen molar-refractivity contribution in [3.8, 4) is 0 Å². The van der Waals surface area contributed by atoms with Crippen LogP contribution < -0.4 is 9.80 Å². The van der Waals surface area contributed by atoms with Crippen LogP contribution in [0.5, 0.6) is 0 Å². The van der Waals surface area contributed by atoms with Crippen LogP contribution in [-0.2, 0) is 23.9 Å². The summed E-state index contributed by atoms with van der Waals surface area (Å²) >= 11 is 0. The van der Waals surface area contributed by atoms with Gasteiger partial charge in [0.05, 0.1) is 30.7 Å². The van der Waals surface area contributed by atoms with Crippen molar-refractivity contribution in [3.05, 3.63) is 70.6 Å². The minimum Gasteiger partial charge on any atom is -0.368 e. The summed E-state index contributed by atoms with van der Waals surface area (Å²) in [6.07, 6.45) is -0.456. The molecular formula is C25H25F3N8O. The fourth-order valence-corrected chi connectivity index (χ4v) is 4.99. The van der Waals surface area contributed by atoms with Gasteiger partial charge < -0.3 is 14.5 Å². The van der Waals surface area contributed by atoms with E-state index in [2.05, 4.69) is 31.2 Å². The number of pyridine rings is 2. The number of hydrogen-bond donors (Lipinski definition) is 0. The molecule has 12 heteroatoms. The molecule has 1 fully saturated rings. The number of ether oxygens (including phenoxy) is 1. The number of aryl methyl sites for hydroxylation is 1. The molecule has 2 aliphatic heterocycles. The van der Waals surface area contributed by atoms with Crippen molar-refractivity contribution in [3.63, 3.8) is 0 Å². The molecule has 0 aromatic carbocycles. The van der Waals surface area contributed by atoms with Crippen LogP contribution in [0, 0.1) is 13.8 Å². The molecule has 4 aromatic rings. The number of aromatic nitrogens is 6. The van der Waals surface area contributed by atoms with Gasteiger partial charge in [-0.2, -0.15) is 17.7 Å². The van der Waals surface area contributed by atoms with E-state index >= 15 is 0 Å². The molecule has 1 unspecified atom stereocenters. The molecule has 6 heterocycles. The first-order valence-corrected chi connectivity index (χ1v) is 12.1. The van der Waals surface area contributed by atoms with Crippen LogP contribution in [0.1, 0.15) is 40.0 Å². The van der Waals surface area contributed by atoms with E-state index in [1.165, 1.54) is 0 Å². The highest BCUT2D eigenvalue weighted by molar-refractivity contribution is 5.60. The molecule has 0 saturated carbocycles. The monoisotopic (exact) mass is 510 g/mol. The average molecular weight is 511 g/mol. The Bertz CT molecular complexity index is 1460. The van der Waals surface area contributed by atoms with Crippen molar-refractivity contribution in [1.29, 1.82) is 0 Å². The lowest BCUT2D eigenvalue weighted by molar-refractivity contribution is -0.146. The minimum absolute atomic E-state index is 0.115. The normalized spacial score (nSPS) is 18.4. The third kappa shape index (κ3) is 4.24. The highest BCUT2D eigenvalue weighted by atomic mass is 19.4. The Morgan fingerprint density at radius 3 is 2.68 bits per heavy atom. The number of hydrogen-bond acceptors (Lipinski definition) is 8. The second-order valence-corrected chi connectivity index (χ2v) is 9.36. The van der Waals surface area contributed by atoms with Crippen molar-refractivity contribution >= 4 is 17.2 Å². The van der Waals surface area contributed by atoms with Crippen LogP contribution in [0.4, 0.5) is 24.7 Å². The molecule has 9 nitrogen and oxygen atoms in total. The lowest BCUT2D eigenvalue weighted by Gasteiger charge is -2.35. The van der Waals surface area contributed by atoms with Crippen molar-refractivity contribution < 1.29 is 17.9 Å². The number of rotatable bonds is 3. The van der Waals surface area contributed by atoms with Crippen LogP contribution in [0.25, 0.3) is 5.65 Å². The van der Waals surface area contributed by atoms with E-state index in [-0.39, 0.29) is 11.8 Å². The fraction of sp³-hybridized carbons (Fsp3) is 0.400. The number of halogens is 3. The Hall–Kier alpha value is -3.80. The minimum atomic E-state index is -4.65. The van der Waals surface area contributed by atoms with Crippen LogP contribution in [0.15, 0.2) is 36.7 Å². The lowest BCUT2D eigenvalue weighted by atomic mass is 10.0. The Labute approximate surface area is 210 Å². The SMILES string of the molecule is Cc1c(N2CCc3ncc(N4CCOC(c5ccccn5)C4)cc3C2)nn2c(C(F)(F)F)nnc2c1C. The first kappa shape index (κ1) is 23.6. The summed E-state index contributed by atoms with van der Waals surface area (Å²) in [4.78, 5) is 13.4. The molecule has 6 rings (SSSR count). The van der Waals surface area contributed by atoms with Crippen LogP contribution >= 0.6 is 0 Å². The van der Waals surface area contributed by atoms with Gasteiger partial charge in [0.15, 0.2) is 11.5 Å². The van der Waals surface area contributed by atoms with Crippen molar-refractivity contribution in [2.45, 2.75) is 39.1 Å². The molecule has 0 spiro atoms. The molecule has 1 saturated heterocycles. The van der Waals surface area contributed by atoms with E-state index in [4.69, 9.17) is 9.72 Å². The zero-order chi connectivity index (χ0) is 25.7. The Morgan fingerprint density at radius 2 is 1.89 bits per heavy atom. The van der Waals surface area contributed by atoms with Gasteiger partial charge in [-0.15, -0.1) is 15.3 Å². The van der Waals surface area contributed by atoms with Gasteiger partial charge in [-0.1, -0.05) is 6.07 Å². The maximum absolute atomic E-state index is 13.5. The largest absolute Gasteiger partial charge is 0.453 e. The molecule has 0 bridgehead atoms. The number of anilines is 2. The standard InChI is InChI=1S/C25H25F3N8O/c1-15-16(2)23(33-36-22(15)31-32-24(36)25(26,27)28)35-8-6-19-17(13-35)11-18(12-30-19)34-9-10-37-21(14-34)20-5-3-4-7-29-20/h3-5,7,11-12,21H,6,8-10,13-14H2,1-2H3. The summed E-state index contributed by atoms with van der Waals surface area (Å²) in [6, 6.07) is 7.92. The van der Waals surface area contributed by atoms with E-state index in [0.29, 0.717) is 44.0 Å². The van der Waals surface area contributed by atoms with E-state index in [1.807, 2.05) is 36.2 Å². The number of fused-ring (bicyclic) bond motifs is 2. The molecule has 4 aromatic heterocycles. The summed E-state index contributed by atoms with van der Waals surface area (Å²) in [6.45, 7) is 6.66. The fourth-order valence-electron chi connectivity index (χ4n) is 4.99. The maximum Gasteiger partial charge on any atom is 0.453 e. The summed E-state index contributed by atoms with van der Waals surface area (Å²) in [5, 5.41) is 11.5. The van der Waals surface area contributed by atoms with Crippen molar-refractivity contribution in [2.75, 3.05) is 36.0 Å². The van der Waals surface area contributed by atoms with E-state index in [1.54, 1.807) is 13.1 Å². The Morgan fingerprint density at radius 1 is 1.03 bits per heavy atom. The topological polar surface area (TPSA) is 84.6 Å². The molecule has 0 amide bonds. The Kier molecular flexibility index (Phi) is 5.70. The van der Waals surface area contributed by atoms with Gasteiger partial charge in [-0.3, -0.25) is 9.97 Å². The van der Waals surface area contributed by atoms with E-state index in [0.717, 1.165) is 39.3 Å². The lowest BCUT2D eigenvalue weighted by Crippen LogP contribution is -2.39. The van der Waals surface area contributed by atoms with Crippen LogP contribution in [-0.4, -0.2) is 56.0 Å². The molecule has 0 N–H and O–H groups in total. The highest BCUT2D eigenvalue weighted by Gasteiger charge is 2.38. The second-order valence-electron chi connectivity index (χ2n) is 9.36. The molecule has 0 radical (unpaired) electrons. The predicted molar refractivity (Wildman–Crippen MR) is 129 cm³/mol. The summed E-state index contributed by atoms with van der Waals surface area (Å²) < 4.78 is 47.3. The summed E-state index contributed by atoms with van der Waals surface area (Å²) in [5.74, 6) is -0.629. The quantitative estimate of drug-likeness (QED) is 0.413. The van der Waals surface area contributed by atoms with Crippen LogP contribution in [0.3, 0.4) is 0 Å². The third-order valence-corrected chi connectivity index (χ3v) is 7.10. The summed E-state index contributed by atoms with van der Waals surface area (Å²) in [5.41, 5.74) is 5.42. The Balaban J connectivity index is 1.29. The van der Waals surface area contributed by atoms with Gasteiger partial charge >= 0.3 is 6.18 Å². The van der Waals surface area contributed by atoms with Gasteiger partial charge in [-0.05, 0) is 37.6 Å². The predicted octanol–water partition coefficient (Wildman–Crippen LogP) is 3.69. The van der Waals surface area contributed by atoms with Gasteiger partial charge in [0.25, 0.3) is 5.82 Å². The smallest absolute Gasteiger partial charge is 0.368 e. The molecular weight excluding hydrogens is 485 g/mol. The third-order valence-electron chi connectivity index (χ3n) is 7.10. The zero-order valence-corrected chi connectivity index (χ0v) is 20.4. The van der Waals surface area contributed by atoms with Gasteiger partial charge in [0.1, 0.15) is 6.10 Å². The first-order valence-electron chi connectivity index (χ1n) is 12.1. The summed E-state index contributed by atoms with van der Waals surface area (Å²) in [7, 11) is 0. The van der Waals surface area contributed by atoms with Crippen LogP contribution in [0.2, 0.25) is 0 Å². The molecule has 1 atom stereocenters. The van der Waals surface area contributed by atoms with Gasteiger partial charge in [-0.25, -0.2) is 0 Å². The van der Waals surface area contributed by atoms with Crippen molar-refractivity contribution in [2.24, 2.45) is 0 Å². The first-order chi connectivity index (χ1) is 17.8. The zero-order valence-electron chi connectivity index (χ0n) is 20.4. The van der Waals surface area contributed by atoms with Gasteiger partial charge in [0, 0.05) is 49.1 Å². The van der Waals surface area contributed by atoms with E-state index < -0.39 is 12.0 Å². The molecule has 0 aliphatic carbocycles. The highest BCUT2D eigenvalue weighted by Crippen LogP contribution is 2.33. The maximum atomic E-state index is 13.5. The van der Waals surface area contributed by atoms with E-state index in [9.17, 15) is 13.2 Å². The molecule has 192 valence electrons. The number of morpholine rings is 1. The van der Waals surface area contributed by atoms with Crippen molar-refractivity contribution in [1.82, 2.24) is 29.8 Å². The molecule has 37 heavy (non-hydrogen) atoms.